The SMILES string of the molecule is COc1cc(OC)cc(OCC#Cc2ccc(CC[C@@H](C)C(N)O)s2)c1. The fourth-order valence-electron chi connectivity index (χ4n) is 2.23. The summed E-state index contributed by atoms with van der Waals surface area (Å²) in [4.78, 5) is 2.23. The van der Waals surface area contributed by atoms with Crippen LogP contribution in [0.3, 0.4) is 0 Å². The molecule has 2 rings (SSSR count). The third-order valence-corrected chi connectivity index (χ3v) is 5.00. The third-order valence-electron chi connectivity index (χ3n) is 3.94. The summed E-state index contributed by atoms with van der Waals surface area (Å²) in [5.74, 6) is 8.21. The van der Waals surface area contributed by atoms with Gasteiger partial charge in [0.1, 0.15) is 30.1 Å². The van der Waals surface area contributed by atoms with Crippen molar-refractivity contribution in [2.24, 2.45) is 11.7 Å². The Morgan fingerprint density at radius 1 is 1.12 bits per heavy atom. The number of benzene rings is 1. The average molecular weight is 375 g/mol. The van der Waals surface area contributed by atoms with Gasteiger partial charge in [-0.15, -0.1) is 11.3 Å². The number of aliphatic hydroxyl groups is 1. The quantitative estimate of drug-likeness (QED) is 0.548. The van der Waals surface area contributed by atoms with Crippen LogP contribution in [-0.4, -0.2) is 32.2 Å². The molecule has 1 aromatic heterocycles. The summed E-state index contributed by atoms with van der Waals surface area (Å²) in [7, 11) is 3.20. The van der Waals surface area contributed by atoms with E-state index in [1.165, 1.54) is 4.88 Å². The molecule has 0 aliphatic rings. The van der Waals surface area contributed by atoms with Crippen LogP contribution in [0.25, 0.3) is 0 Å². The van der Waals surface area contributed by atoms with Crippen molar-refractivity contribution in [2.45, 2.75) is 26.0 Å². The van der Waals surface area contributed by atoms with Gasteiger partial charge in [-0.05, 0) is 30.9 Å². The minimum atomic E-state index is -0.762. The molecule has 5 nitrogen and oxygen atoms in total. The second-order valence-electron chi connectivity index (χ2n) is 5.91. The number of rotatable bonds is 8. The Kier molecular flexibility index (Phi) is 7.79. The molecule has 1 heterocycles. The molecular weight excluding hydrogens is 350 g/mol. The monoisotopic (exact) mass is 375 g/mol. The van der Waals surface area contributed by atoms with E-state index in [4.69, 9.17) is 19.9 Å². The van der Waals surface area contributed by atoms with Gasteiger partial charge in [0.25, 0.3) is 0 Å². The Morgan fingerprint density at radius 3 is 2.38 bits per heavy atom. The Balaban J connectivity index is 1.87. The second-order valence-corrected chi connectivity index (χ2v) is 7.08. The Labute approximate surface area is 158 Å². The number of hydrogen-bond acceptors (Lipinski definition) is 6. The molecule has 2 aromatic rings. The second kappa shape index (κ2) is 10.1. The molecule has 0 spiro atoms. The summed E-state index contributed by atoms with van der Waals surface area (Å²) >= 11 is 1.65. The highest BCUT2D eigenvalue weighted by molar-refractivity contribution is 7.12. The van der Waals surface area contributed by atoms with Crippen molar-refractivity contribution in [2.75, 3.05) is 20.8 Å². The normalized spacial score (nSPS) is 12.7. The van der Waals surface area contributed by atoms with Gasteiger partial charge in [-0.2, -0.15) is 0 Å². The molecular formula is C20H25NO4S. The number of ether oxygens (including phenoxy) is 3. The van der Waals surface area contributed by atoms with E-state index in [0.29, 0.717) is 17.2 Å². The van der Waals surface area contributed by atoms with E-state index in [9.17, 15) is 5.11 Å². The van der Waals surface area contributed by atoms with Gasteiger partial charge < -0.3 is 25.1 Å². The van der Waals surface area contributed by atoms with Gasteiger partial charge in [-0.25, -0.2) is 0 Å². The van der Waals surface area contributed by atoms with Crippen molar-refractivity contribution in [1.29, 1.82) is 0 Å². The number of methoxy groups -OCH3 is 2. The van der Waals surface area contributed by atoms with E-state index < -0.39 is 6.23 Å². The molecule has 1 unspecified atom stereocenters. The summed E-state index contributed by atoms with van der Waals surface area (Å²) in [5, 5.41) is 9.34. The molecule has 0 saturated carbocycles. The minimum absolute atomic E-state index is 0.0832. The highest BCUT2D eigenvalue weighted by atomic mass is 32.1. The first-order chi connectivity index (χ1) is 12.5. The van der Waals surface area contributed by atoms with Crippen molar-refractivity contribution in [3.05, 3.63) is 40.1 Å². The van der Waals surface area contributed by atoms with Crippen LogP contribution >= 0.6 is 11.3 Å². The number of aryl methyl sites for hydroxylation is 1. The molecule has 0 amide bonds. The molecule has 0 fully saturated rings. The molecule has 0 aliphatic carbocycles. The van der Waals surface area contributed by atoms with Crippen molar-refractivity contribution < 1.29 is 19.3 Å². The topological polar surface area (TPSA) is 73.9 Å². The first-order valence-electron chi connectivity index (χ1n) is 8.39. The van der Waals surface area contributed by atoms with Gasteiger partial charge in [-0.3, -0.25) is 0 Å². The molecule has 6 heteroatoms. The summed E-state index contributed by atoms with van der Waals surface area (Å²) in [6.07, 6.45) is 0.981. The summed E-state index contributed by atoms with van der Waals surface area (Å²) in [6.45, 7) is 2.23. The maximum atomic E-state index is 9.34. The largest absolute Gasteiger partial charge is 0.496 e. The van der Waals surface area contributed by atoms with Crippen LogP contribution in [0.4, 0.5) is 0 Å². The first-order valence-corrected chi connectivity index (χ1v) is 9.20. The Morgan fingerprint density at radius 2 is 1.77 bits per heavy atom. The standard InChI is InChI=1S/C20H25NO4S/c1-14(20(21)22)6-7-19-9-8-18(26-19)5-4-10-25-17-12-15(23-2)11-16(13-17)24-3/h8-9,11-14,20,22H,6-7,10,21H2,1-3H3/t14-,20?/m1/s1. The van der Waals surface area contributed by atoms with Gasteiger partial charge in [0.05, 0.1) is 19.1 Å². The van der Waals surface area contributed by atoms with E-state index >= 15 is 0 Å². The lowest BCUT2D eigenvalue weighted by Gasteiger charge is -2.12. The molecule has 0 bridgehead atoms. The molecule has 2 atom stereocenters. The van der Waals surface area contributed by atoms with Crippen LogP contribution in [0.1, 0.15) is 23.1 Å². The van der Waals surface area contributed by atoms with Crippen LogP contribution < -0.4 is 19.9 Å². The van der Waals surface area contributed by atoms with Gasteiger partial charge in [0.15, 0.2) is 0 Å². The van der Waals surface area contributed by atoms with Crippen molar-refractivity contribution in [3.63, 3.8) is 0 Å². The highest BCUT2D eigenvalue weighted by Crippen LogP contribution is 2.27. The molecule has 3 N–H and O–H groups in total. The fourth-order valence-corrected chi connectivity index (χ4v) is 3.13. The predicted octanol–water partition coefficient (Wildman–Crippen LogP) is 3.04. The molecule has 26 heavy (non-hydrogen) atoms. The van der Waals surface area contributed by atoms with E-state index in [-0.39, 0.29) is 12.5 Å². The maximum Gasteiger partial charge on any atom is 0.149 e. The summed E-state index contributed by atoms with van der Waals surface area (Å²) in [5.41, 5.74) is 5.48. The molecule has 1 aromatic carbocycles. The maximum absolute atomic E-state index is 9.34. The zero-order valence-corrected chi connectivity index (χ0v) is 16.1. The number of aliphatic hydroxyl groups excluding tert-OH is 1. The zero-order valence-electron chi connectivity index (χ0n) is 15.3. The molecule has 140 valence electrons. The number of nitrogens with two attached hydrogens (primary N) is 1. The minimum Gasteiger partial charge on any atom is -0.496 e. The van der Waals surface area contributed by atoms with E-state index in [0.717, 1.165) is 17.7 Å². The molecule has 0 saturated heterocycles. The van der Waals surface area contributed by atoms with E-state index in [1.807, 2.05) is 13.0 Å². The van der Waals surface area contributed by atoms with E-state index in [2.05, 4.69) is 17.9 Å². The Hall–Kier alpha value is -2.20. The fraction of sp³-hybridized carbons (Fsp3) is 0.400. The number of thiophene rings is 1. The van der Waals surface area contributed by atoms with Crippen LogP contribution in [-0.2, 0) is 6.42 Å². The zero-order chi connectivity index (χ0) is 18.9. The lowest BCUT2D eigenvalue weighted by Crippen LogP contribution is -2.27. The average Bonchev–Trinajstić information content (AvgIpc) is 3.10. The third kappa shape index (κ3) is 6.26. The smallest absolute Gasteiger partial charge is 0.149 e. The summed E-state index contributed by atoms with van der Waals surface area (Å²) < 4.78 is 16.1. The Bertz CT molecular complexity index is 738. The van der Waals surface area contributed by atoms with Crippen molar-refractivity contribution in [3.8, 4) is 29.1 Å². The highest BCUT2D eigenvalue weighted by Gasteiger charge is 2.09. The van der Waals surface area contributed by atoms with Gasteiger partial charge in [0, 0.05) is 23.1 Å². The molecule has 0 aliphatic heterocycles. The van der Waals surface area contributed by atoms with Gasteiger partial charge in [0.2, 0.25) is 0 Å². The van der Waals surface area contributed by atoms with Crippen LogP contribution in [0.15, 0.2) is 30.3 Å². The molecule has 0 radical (unpaired) electrons. The van der Waals surface area contributed by atoms with Crippen LogP contribution in [0.2, 0.25) is 0 Å². The van der Waals surface area contributed by atoms with Gasteiger partial charge in [-0.1, -0.05) is 18.8 Å². The first kappa shape index (κ1) is 20.1. The predicted molar refractivity (Wildman–Crippen MR) is 104 cm³/mol. The van der Waals surface area contributed by atoms with Crippen molar-refractivity contribution >= 4 is 11.3 Å². The lowest BCUT2D eigenvalue weighted by atomic mass is 10.0. The van der Waals surface area contributed by atoms with E-state index in [1.54, 1.807) is 43.8 Å². The van der Waals surface area contributed by atoms with Crippen LogP contribution in [0, 0.1) is 17.8 Å². The number of hydrogen-bond donors (Lipinski definition) is 2. The lowest BCUT2D eigenvalue weighted by molar-refractivity contribution is 0.119. The summed E-state index contributed by atoms with van der Waals surface area (Å²) in [6, 6.07) is 9.44. The van der Waals surface area contributed by atoms with Crippen LogP contribution in [0.5, 0.6) is 17.2 Å². The van der Waals surface area contributed by atoms with Crippen molar-refractivity contribution in [1.82, 2.24) is 0 Å². The van der Waals surface area contributed by atoms with Gasteiger partial charge >= 0.3 is 0 Å².